The van der Waals surface area contributed by atoms with Crippen molar-refractivity contribution >= 4 is 17.2 Å². The molecule has 0 saturated heterocycles. The lowest BCUT2D eigenvalue weighted by Gasteiger charge is -2.07. The van der Waals surface area contributed by atoms with Crippen molar-refractivity contribution in [2.24, 2.45) is 0 Å². The van der Waals surface area contributed by atoms with Gasteiger partial charge in [-0.2, -0.15) is 5.10 Å². The largest absolute Gasteiger partial charge is 0.326 e. The average Bonchev–Trinajstić information content (AvgIpc) is 3.11. The third-order valence-corrected chi connectivity index (χ3v) is 3.99. The molecular formula is C20H16N4O. The van der Waals surface area contributed by atoms with E-state index in [0.29, 0.717) is 6.42 Å². The molecule has 0 atom stereocenters. The second kappa shape index (κ2) is 6.57. The van der Waals surface area contributed by atoms with Crippen LogP contribution in [0.3, 0.4) is 0 Å². The minimum Gasteiger partial charge on any atom is -0.326 e. The zero-order chi connectivity index (χ0) is 17.1. The van der Waals surface area contributed by atoms with Crippen LogP contribution >= 0.6 is 0 Å². The van der Waals surface area contributed by atoms with Crippen molar-refractivity contribution in [1.29, 1.82) is 0 Å². The first-order chi connectivity index (χ1) is 12.3. The second-order valence-corrected chi connectivity index (χ2v) is 5.77. The zero-order valence-electron chi connectivity index (χ0n) is 13.5. The molecule has 2 heterocycles. The Hall–Kier alpha value is -3.47. The number of aromatic nitrogens is 3. The lowest BCUT2D eigenvalue weighted by Crippen LogP contribution is -2.14. The van der Waals surface area contributed by atoms with Crippen molar-refractivity contribution in [1.82, 2.24) is 14.6 Å². The summed E-state index contributed by atoms with van der Waals surface area (Å²) in [7, 11) is 0. The molecule has 0 saturated carbocycles. The van der Waals surface area contributed by atoms with Gasteiger partial charge in [0.15, 0.2) is 5.65 Å². The van der Waals surface area contributed by atoms with Crippen molar-refractivity contribution in [3.05, 3.63) is 84.8 Å². The summed E-state index contributed by atoms with van der Waals surface area (Å²) < 4.78 is 1.73. The molecule has 0 aliphatic carbocycles. The van der Waals surface area contributed by atoms with Crippen LogP contribution in [0.4, 0.5) is 5.69 Å². The molecule has 5 heteroatoms. The first-order valence-electron chi connectivity index (χ1n) is 8.01. The number of hydrogen-bond donors (Lipinski definition) is 1. The molecule has 1 N–H and O–H groups in total. The molecule has 0 radical (unpaired) electrons. The highest BCUT2D eigenvalue weighted by Crippen LogP contribution is 2.21. The fourth-order valence-corrected chi connectivity index (χ4v) is 2.72. The molecular weight excluding hydrogens is 312 g/mol. The number of amides is 1. The maximum Gasteiger partial charge on any atom is 0.228 e. The number of nitrogens with zero attached hydrogens (tertiary/aromatic N) is 3. The Morgan fingerprint density at radius 3 is 2.56 bits per heavy atom. The van der Waals surface area contributed by atoms with E-state index >= 15 is 0 Å². The van der Waals surface area contributed by atoms with Crippen molar-refractivity contribution in [2.45, 2.75) is 6.42 Å². The van der Waals surface area contributed by atoms with Gasteiger partial charge < -0.3 is 5.32 Å². The van der Waals surface area contributed by atoms with Gasteiger partial charge in [-0.15, -0.1) is 0 Å². The molecule has 0 aliphatic rings. The predicted molar refractivity (Wildman–Crippen MR) is 97.2 cm³/mol. The summed E-state index contributed by atoms with van der Waals surface area (Å²) in [6.07, 6.45) is 3.77. The van der Waals surface area contributed by atoms with Crippen molar-refractivity contribution in [3.8, 4) is 11.1 Å². The predicted octanol–water partition coefficient (Wildman–Crippen LogP) is 3.58. The number of carbonyl (C=O) groups is 1. The normalized spacial score (nSPS) is 10.7. The molecule has 0 fully saturated rings. The molecule has 4 aromatic rings. The molecule has 122 valence electrons. The molecule has 0 spiro atoms. The monoisotopic (exact) mass is 328 g/mol. The molecule has 25 heavy (non-hydrogen) atoms. The minimum absolute atomic E-state index is 0.0242. The minimum atomic E-state index is -0.0242. The Bertz CT molecular complexity index is 1010. The molecule has 0 bridgehead atoms. The third kappa shape index (κ3) is 3.40. The Balaban J connectivity index is 1.47. The van der Waals surface area contributed by atoms with Gasteiger partial charge in [-0.05, 0) is 41.0 Å². The van der Waals surface area contributed by atoms with Gasteiger partial charge in [-0.1, -0.05) is 42.5 Å². The second-order valence-electron chi connectivity index (χ2n) is 5.77. The Morgan fingerprint density at radius 2 is 1.76 bits per heavy atom. The molecule has 2 aromatic carbocycles. The summed E-state index contributed by atoms with van der Waals surface area (Å²) >= 11 is 0. The van der Waals surface area contributed by atoms with Crippen LogP contribution in [0.5, 0.6) is 0 Å². The highest BCUT2D eigenvalue weighted by Gasteiger charge is 2.05. The molecule has 5 nitrogen and oxygen atoms in total. The number of rotatable bonds is 4. The number of fused-ring (bicyclic) bond motifs is 1. The SMILES string of the molecule is O=C(Cc1ccc(-c2ccn3ncnc3c2)cc1)Nc1ccccc1. The number of benzene rings is 2. The lowest BCUT2D eigenvalue weighted by molar-refractivity contribution is -0.115. The standard InChI is InChI=1S/C20H16N4O/c25-20(23-18-4-2-1-3-5-18)12-15-6-8-16(9-7-15)17-10-11-24-19(13-17)21-14-22-24/h1-11,13-14H,12H2,(H,23,25). The molecule has 4 rings (SSSR count). The molecule has 1 amide bonds. The summed E-state index contributed by atoms with van der Waals surface area (Å²) in [4.78, 5) is 16.3. The van der Waals surface area contributed by atoms with Gasteiger partial charge in [0.25, 0.3) is 0 Å². The third-order valence-electron chi connectivity index (χ3n) is 3.99. The lowest BCUT2D eigenvalue weighted by atomic mass is 10.0. The van der Waals surface area contributed by atoms with Crippen LogP contribution in [-0.4, -0.2) is 20.5 Å². The molecule has 0 unspecified atom stereocenters. The van der Waals surface area contributed by atoms with E-state index in [1.165, 1.54) is 6.33 Å². The van der Waals surface area contributed by atoms with Crippen LogP contribution in [-0.2, 0) is 11.2 Å². The molecule has 0 aliphatic heterocycles. The van der Waals surface area contributed by atoms with E-state index in [0.717, 1.165) is 28.0 Å². The quantitative estimate of drug-likeness (QED) is 0.623. The summed E-state index contributed by atoms with van der Waals surface area (Å²) in [5, 5.41) is 6.99. The zero-order valence-corrected chi connectivity index (χ0v) is 13.5. The van der Waals surface area contributed by atoms with Gasteiger partial charge in [0.2, 0.25) is 5.91 Å². The van der Waals surface area contributed by atoms with Crippen molar-refractivity contribution < 1.29 is 4.79 Å². The van der Waals surface area contributed by atoms with E-state index in [2.05, 4.69) is 15.4 Å². The van der Waals surface area contributed by atoms with E-state index in [9.17, 15) is 4.79 Å². The van der Waals surface area contributed by atoms with Gasteiger partial charge in [-0.25, -0.2) is 9.50 Å². The van der Waals surface area contributed by atoms with Crippen LogP contribution in [0.1, 0.15) is 5.56 Å². The summed E-state index contributed by atoms with van der Waals surface area (Å²) in [5.74, 6) is -0.0242. The van der Waals surface area contributed by atoms with Crippen molar-refractivity contribution in [2.75, 3.05) is 5.32 Å². The fraction of sp³-hybridized carbons (Fsp3) is 0.0500. The van der Waals surface area contributed by atoms with Gasteiger partial charge in [0.05, 0.1) is 6.42 Å². The summed E-state index contributed by atoms with van der Waals surface area (Å²) in [5.41, 5.74) is 4.74. The van der Waals surface area contributed by atoms with Crippen LogP contribution in [0.25, 0.3) is 16.8 Å². The topological polar surface area (TPSA) is 59.3 Å². The van der Waals surface area contributed by atoms with Gasteiger partial charge in [0, 0.05) is 11.9 Å². The Kier molecular flexibility index (Phi) is 3.96. The summed E-state index contributed by atoms with van der Waals surface area (Å²) in [6, 6.07) is 21.5. The van der Waals surface area contributed by atoms with E-state index in [4.69, 9.17) is 0 Å². The van der Waals surface area contributed by atoms with Crippen LogP contribution < -0.4 is 5.32 Å². The fourth-order valence-electron chi connectivity index (χ4n) is 2.72. The van der Waals surface area contributed by atoms with Gasteiger partial charge in [0.1, 0.15) is 6.33 Å². The van der Waals surface area contributed by atoms with Gasteiger partial charge in [-0.3, -0.25) is 4.79 Å². The average molecular weight is 328 g/mol. The number of hydrogen-bond acceptors (Lipinski definition) is 3. The maximum absolute atomic E-state index is 12.1. The number of carbonyl (C=O) groups excluding carboxylic acids is 1. The van der Waals surface area contributed by atoms with Crippen molar-refractivity contribution in [3.63, 3.8) is 0 Å². The number of anilines is 1. The van der Waals surface area contributed by atoms with Gasteiger partial charge >= 0.3 is 0 Å². The number of nitrogens with one attached hydrogen (secondary N) is 1. The number of para-hydroxylation sites is 1. The Morgan fingerprint density at radius 1 is 0.960 bits per heavy atom. The Labute approximate surface area is 145 Å². The smallest absolute Gasteiger partial charge is 0.228 e. The highest BCUT2D eigenvalue weighted by atomic mass is 16.1. The van der Waals surface area contributed by atoms with E-state index in [1.807, 2.05) is 72.9 Å². The summed E-state index contributed by atoms with van der Waals surface area (Å²) in [6.45, 7) is 0. The van der Waals surface area contributed by atoms with Crippen LogP contribution in [0, 0.1) is 0 Å². The van der Waals surface area contributed by atoms with Crippen LogP contribution in [0.2, 0.25) is 0 Å². The first kappa shape index (κ1) is 15.1. The highest BCUT2D eigenvalue weighted by molar-refractivity contribution is 5.92. The van der Waals surface area contributed by atoms with E-state index in [1.54, 1.807) is 4.52 Å². The first-order valence-corrected chi connectivity index (χ1v) is 8.01. The van der Waals surface area contributed by atoms with E-state index < -0.39 is 0 Å². The number of pyridine rings is 1. The van der Waals surface area contributed by atoms with E-state index in [-0.39, 0.29) is 5.91 Å². The van der Waals surface area contributed by atoms with Crippen LogP contribution in [0.15, 0.2) is 79.3 Å². The molecule has 2 aromatic heterocycles. The maximum atomic E-state index is 12.1.